The summed E-state index contributed by atoms with van der Waals surface area (Å²) in [5, 5.41) is 0. The number of phosphoric ester groups is 1. The van der Waals surface area contributed by atoms with Gasteiger partial charge < -0.3 is 20.1 Å². The van der Waals surface area contributed by atoms with Gasteiger partial charge in [-0.05, 0) is 12.8 Å². The molecule has 0 radical (unpaired) electrons. The van der Waals surface area contributed by atoms with E-state index in [9.17, 15) is 19.0 Å². The predicted octanol–water partition coefficient (Wildman–Crippen LogP) is 19.1. The van der Waals surface area contributed by atoms with Crippen molar-refractivity contribution in [2.24, 2.45) is 5.73 Å². The lowest BCUT2D eigenvalue weighted by atomic mass is 10.0. The van der Waals surface area contributed by atoms with Gasteiger partial charge in [0.2, 0.25) is 0 Å². The van der Waals surface area contributed by atoms with Crippen LogP contribution in [-0.4, -0.2) is 49.3 Å². The van der Waals surface area contributed by atoms with Gasteiger partial charge in [0.15, 0.2) is 6.10 Å². The summed E-state index contributed by atoms with van der Waals surface area (Å²) in [6.07, 6.45) is 63.8. The minimum atomic E-state index is -4.37. The molecule has 0 fully saturated rings. The monoisotopic (exact) mass is 1000 g/mol. The summed E-state index contributed by atoms with van der Waals surface area (Å²) in [5.41, 5.74) is 5.36. The van der Waals surface area contributed by atoms with Crippen molar-refractivity contribution in [2.45, 2.75) is 341 Å². The lowest BCUT2D eigenvalue weighted by molar-refractivity contribution is -0.161. The van der Waals surface area contributed by atoms with Gasteiger partial charge in [-0.25, -0.2) is 4.57 Å². The zero-order valence-electron chi connectivity index (χ0n) is 46.1. The fraction of sp³-hybridized carbons (Fsp3) is 0.966. The number of hydrogen-bond acceptors (Lipinski definition) is 8. The number of carbonyl (C=O) groups is 2. The third-order valence-corrected chi connectivity index (χ3v) is 15.0. The SMILES string of the molecule is CCCCCCCCCCCCCCCCCCCCCCCCCCCCCCCCCCCCCCCCCCC(=O)OC(COC(=O)CCCCCCCCCC)COP(=O)(O)OCCN. The number of rotatable bonds is 59. The molecule has 0 aromatic carbocycles. The number of hydrogen-bond donors (Lipinski definition) is 2. The standard InChI is InChI=1S/C59H118NO8P/c1-3-5-7-9-11-13-14-15-16-17-18-19-20-21-22-23-24-25-26-27-28-29-30-31-32-33-34-35-36-37-38-39-40-41-42-43-44-46-48-50-52-59(62)68-57(56-67-69(63,64)66-54-53-60)55-65-58(61)51-49-47-45-12-10-8-6-4-2/h57H,3-56,60H2,1-2H3,(H,63,64). The molecule has 0 aliphatic heterocycles. The van der Waals surface area contributed by atoms with Gasteiger partial charge in [-0.2, -0.15) is 0 Å². The fourth-order valence-corrected chi connectivity index (χ4v) is 10.2. The van der Waals surface area contributed by atoms with Crippen LogP contribution in [0.2, 0.25) is 0 Å². The number of unbranched alkanes of at least 4 members (excludes halogenated alkanes) is 46. The summed E-state index contributed by atoms with van der Waals surface area (Å²) >= 11 is 0. The number of nitrogens with two attached hydrogens (primary N) is 1. The van der Waals surface area contributed by atoms with E-state index in [0.717, 1.165) is 32.1 Å². The van der Waals surface area contributed by atoms with E-state index in [1.807, 2.05) is 0 Å². The van der Waals surface area contributed by atoms with Gasteiger partial charge in [0.1, 0.15) is 6.61 Å². The van der Waals surface area contributed by atoms with E-state index in [1.54, 1.807) is 0 Å². The highest BCUT2D eigenvalue weighted by Crippen LogP contribution is 2.43. The van der Waals surface area contributed by atoms with Crippen LogP contribution in [0.5, 0.6) is 0 Å². The Balaban J connectivity index is 3.59. The second-order valence-corrected chi connectivity index (χ2v) is 22.4. The van der Waals surface area contributed by atoms with Crippen LogP contribution >= 0.6 is 7.82 Å². The Morgan fingerprint density at radius 2 is 0.623 bits per heavy atom. The highest BCUT2D eigenvalue weighted by molar-refractivity contribution is 7.47. The molecule has 0 aliphatic rings. The Kier molecular flexibility index (Phi) is 55.5. The van der Waals surface area contributed by atoms with E-state index in [-0.39, 0.29) is 38.6 Å². The van der Waals surface area contributed by atoms with E-state index < -0.39 is 26.5 Å². The van der Waals surface area contributed by atoms with Crippen molar-refractivity contribution in [3.63, 3.8) is 0 Å². The van der Waals surface area contributed by atoms with Crippen molar-refractivity contribution in [3.8, 4) is 0 Å². The molecule has 0 rings (SSSR count). The largest absolute Gasteiger partial charge is 0.472 e. The normalized spacial score (nSPS) is 12.9. The molecule has 0 saturated carbocycles. The molecule has 0 saturated heterocycles. The molecule has 2 atom stereocenters. The van der Waals surface area contributed by atoms with Gasteiger partial charge in [0, 0.05) is 19.4 Å². The number of esters is 2. The lowest BCUT2D eigenvalue weighted by Crippen LogP contribution is -2.29. The van der Waals surface area contributed by atoms with E-state index in [1.165, 1.54) is 270 Å². The van der Waals surface area contributed by atoms with Crippen LogP contribution in [0.4, 0.5) is 0 Å². The van der Waals surface area contributed by atoms with Gasteiger partial charge in [-0.1, -0.05) is 309 Å². The zero-order chi connectivity index (χ0) is 50.2. The molecule has 3 N–H and O–H groups in total. The molecule has 0 aliphatic carbocycles. The van der Waals surface area contributed by atoms with E-state index in [0.29, 0.717) is 6.42 Å². The fourth-order valence-electron chi connectivity index (χ4n) is 9.46. The molecule has 9 nitrogen and oxygen atoms in total. The maximum absolute atomic E-state index is 12.6. The van der Waals surface area contributed by atoms with Crippen molar-refractivity contribution < 1.29 is 37.6 Å². The number of phosphoric acid groups is 1. The third-order valence-electron chi connectivity index (χ3n) is 14.0. The molecular weight excluding hydrogens is 882 g/mol. The first-order valence-electron chi connectivity index (χ1n) is 30.5. The number of ether oxygens (including phenoxy) is 2. The molecule has 10 heteroatoms. The highest BCUT2D eigenvalue weighted by Gasteiger charge is 2.26. The van der Waals surface area contributed by atoms with Crippen LogP contribution in [0.1, 0.15) is 335 Å². The Bertz CT molecular complexity index is 1090. The number of carbonyl (C=O) groups excluding carboxylic acids is 2. The topological polar surface area (TPSA) is 134 Å². The summed E-state index contributed by atoms with van der Waals surface area (Å²) in [6.45, 7) is 3.76. The van der Waals surface area contributed by atoms with Crippen LogP contribution in [-0.2, 0) is 32.7 Å². The Morgan fingerprint density at radius 3 is 0.884 bits per heavy atom. The lowest BCUT2D eigenvalue weighted by Gasteiger charge is -2.19. The molecule has 0 aromatic rings. The summed E-state index contributed by atoms with van der Waals surface area (Å²) in [4.78, 5) is 34.9. The minimum absolute atomic E-state index is 0.0580. The first-order valence-corrected chi connectivity index (χ1v) is 32.0. The van der Waals surface area contributed by atoms with Gasteiger partial charge in [0.25, 0.3) is 0 Å². The van der Waals surface area contributed by atoms with Crippen LogP contribution in [0.25, 0.3) is 0 Å². The molecule has 0 amide bonds. The van der Waals surface area contributed by atoms with Crippen LogP contribution in [0.3, 0.4) is 0 Å². The average Bonchev–Trinajstić information content (AvgIpc) is 3.34. The van der Waals surface area contributed by atoms with Crippen LogP contribution in [0, 0.1) is 0 Å². The first-order chi connectivity index (χ1) is 33.8. The average molecular weight is 1000 g/mol. The van der Waals surface area contributed by atoms with Gasteiger partial charge in [0.05, 0.1) is 13.2 Å². The summed E-state index contributed by atoms with van der Waals surface area (Å²) < 4.78 is 32.8. The second kappa shape index (κ2) is 56.3. The highest BCUT2D eigenvalue weighted by atomic mass is 31.2. The molecule has 0 spiro atoms. The maximum atomic E-state index is 12.6. The van der Waals surface area contributed by atoms with Crippen molar-refractivity contribution in [1.29, 1.82) is 0 Å². The molecule has 0 heterocycles. The van der Waals surface area contributed by atoms with Crippen molar-refractivity contribution in [2.75, 3.05) is 26.4 Å². The summed E-state index contributed by atoms with van der Waals surface area (Å²) in [5.74, 6) is -0.814. The third kappa shape index (κ3) is 56.2. The second-order valence-electron chi connectivity index (χ2n) is 20.9. The van der Waals surface area contributed by atoms with Gasteiger partial charge in [-0.3, -0.25) is 18.6 Å². The predicted molar refractivity (Wildman–Crippen MR) is 294 cm³/mol. The van der Waals surface area contributed by atoms with E-state index >= 15 is 0 Å². The Hall–Kier alpha value is -0.990. The molecular formula is C59H118NO8P. The smallest absolute Gasteiger partial charge is 0.462 e. The molecule has 69 heavy (non-hydrogen) atoms. The quantitative estimate of drug-likeness (QED) is 0.0347. The van der Waals surface area contributed by atoms with Crippen molar-refractivity contribution in [3.05, 3.63) is 0 Å². The van der Waals surface area contributed by atoms with Crippen LogP contribution < -0.4 is 5.73 Å². The maximum Gasteiger partial charge on any atom is 0.472 e. The summed E-state index contributed by atoms with van der Waals surface area (Å²) in [7, 11) is -4.37. The molecule has 412 valence electrons. The van der Waals surface area contributed by atoms with Gasteiger partial charge in [-0.15, -0.1) is 0 Å². The Morgan fingerprint density at radius 1 is 0.377 bits per heavy atom. The van der Waals surface area contributed by atoms with E-state index in [4.69, 9.17) is 24.3 Å². The van der Waals surface area contributed by atoms with Gasteiger partial charge >= 0.3 is 19.8 Å². The molecule has 2 unspecified atom stereocenters. The minimum Gasteiger partial charge on any atom is -0.462 e. The molecule has 0 bridgehead atoms. The summed E-state index contributed by atoms with van der Waals surface area (Å²) in [6, 6.07) is 0. The first kappa shape index (κ1) is 68.0. The van der Waals surface area contributed by atoms with E-state index in [2.05, 4.69) is 13.8 Å². The Labute approximate surface area is 428 Å². The van der Waals surface area contributed by atoms with Crippen LogP contribution in [0.15, 0.2) is 0 Å². The van der Waals surface area contributed by atoms with Crippen molar-refractivity contribution in [1.82, 2.24) is 0 Å². The molecule has 0 aromatic heterocycles. The zero-order valence-corrected chi connectivity index (χ0v) is 47.0. The van der Waals surface area contributed by atoms with Crippen molar-refractivity contribution >= 4 is 19.8 Å².